The van der Waals surface area contributed by atoms with Crippen LogP contribution in [0.5, 0.6) is 0 Å². The first kappa shape index (κ1) is 10.9. The van der Waals surface area contributed by atoms with E-state index in [9.17, 15) is 4.79 Å². The molecule has 3 nitrogen and oxygen atoms in total. The summed E-state index contributed by atoms with van der Waals surface area (Å²) in [5.41, 5.74) is 1.09. The fraction of sp³-hybridized carbons (Fsp3) is 0.364. The Morgan fingerprint density at radius 1 is 1.43 bits per heavy atom. The molecule has 76 valence electrons. The number of aliphatic hydroxyl groups excluding tert-OH is 1. The molecule has 0 radical (unpaired) electrons. The summed E-state index contributed by atoms with van der Waals surface area (Å²) < 4.78 is 0. The number of ketones is 1. The second-order valence-electron chi connectivity index (χ2n) is 3.16. The van der Waals surface area contributed by atoms with E-state index in [1.54, 1.807) is 7.05 Å². The van der Waals surface area contributed by atoms with Gasteiger partial charge in [0.25, 0.3) is 0 Å². The van der Waals surface area contributed by atoms with Crippen molar-refractivity contribution in [1.29, 1.82) is 0 Å². The van der Waals surface area contributed by atoms with Gasteiger partial charge in [-0.05, 0) is 19.0 Å². The van der Waals surface area contributed by atoms with Crippen LogP contribution in [0, 0.1) is 0 Å². The third-order valence-corrected chi connectivity index (χ3v) is 2.18. The third kappa shape index (κ3) is 2.94. The Kier molecular flexibility index (Phi) is 4.29. The average Bonchev–Trinajstić information content (AvgIpc) is 2.26. The first-order valence-electron chi connectivity index (χ1n) is 4.62. The van der Waals surface area contributed by atoms with Crippen molar-refractivity contribution in [3.8, 4) is 0 Å². The zero-order valence-corrected chi connectivity index (χ0v) is 8.23. The third-order valence-electron chi connectivity index (χ3n) is 2.18. The number of Topliss-reactive ketones (excluding diaryl/α,β-unsaturated/α-hetero) is 1. The molecule has 0 fully saturated rings. The van der Waals surface area contributed by atoms with Gasteiger partial charge in [-0.2, -0.15) is 0 Å². The Bertz CT molecular complexity index is 285. The van der Waals surface area contributed by atoms with Crippen LogP contribution in [0.3, 0.4) is 0 Å². The van der Waals surface area contributed by atoms with Crippen LogP contribution in [0.1, 0.15) is 5.56 Å². The van der Waals surface area contributed by atoms with Crippen LogP contribution in [0.2, 0.25) is 0 Å². The van der Waals surface area contributed by atoms with Gasteiger partial charge in [0.05, 0.1) is 6.04 Å². The van der Waals surface area contributed by atoms with Gasteiger partial charge in [-0.1, -0.05) is 30.3 Å². The van der Waals surface area contributed by atoms with Crippen LogP contribution in [0.4, 0.5) is 0 Å². The highest BCUT2D eigenvalue weighted by atomic mass is 16.3. The van der Waals surface area contributed by atoms with Crippen LogP contribution >= 0.6 is 0 Å². The maximum atomic E-state index is 11.2. The molecule has 2 N–H and O–H groups in total. The molecule has 0 heterocycles. The number of likely N-dealkylation sites (N-methyl/N-ethyl adjacent to an activating group) is 1. The second kappa shape index (κ2) is 5.52. The number of carbonyl (C=O) groups is 1. The SMILES string of the molecule is CN[C@@H](Cc1ccccc1)C(=O)CO. The molecule has 1 aromatic carbocycles. The topological polar surface area (TPSA) is 49.3 Å². The first-order chi connectivity index (χ1) is 6.77. The second-order valence-corrected chi connectivity index (χ2v) is 3.16. The van der Waals surface area contributed by atoms with Crippen molar-refractivity contribution in [1.82, 2.24) is 5.32 Å². The molecule has 0 unspecified atom stereocenters. The van der Waals surface area contributed by atoms with Crippen molar-refractivity contribution in [2.75, 3.05) is 13.7 Å². The summed E-state index contributed by atoms with van der Waals surface area (Å²) >= 11 is 0. The molecule has 14 heavy (non-hydrogen) atoms. The number of carbonyl (C=O) groups excluding carboxylic acids is 1. The lowest BCUT2D eigenvalue weighted by molar-refractivity contribution is -0.123. The summed E-state index contributed by atoms with van der Waals surface area (Å²) in [4.78, 5) is 11.2. The van der Waals surface area contributed by atoms with Gasteiger partial charge in [-0.15, -0.1) is 0 Å². The summed E-state index contributed by atoms with van der Waals surface area (Å²) in [7, 11) is 1.72. The normalized spacial score (nSPS) is 12.4. The van der Waals surface area contributed by atoms with Crippen molar-refractivity contribution in [2.45, 2.75) is 12.5 Å². The molecule has 0 saturated heterocycles. The van der Waals surface area contributed by atoms with E-state index in [4.69, 9.17) is 5.11 Å². The van der Waals surface area contributed by atoms with Gasteiger partial charge < -0.3 is 10.4 Å². The summed E-state index contributed by atoms with van der Waals surface area (Å²) in [6.45, 7) is -0.404. The van der Waals surface area contributed by atoms with E-state index in [1.165, 1.54) is 0 Å². The van der Waals surface area contributed by atoms with Crippen molar-refractivity contribution >= 4 is 5.78 Å². The van der Waals surface area contributed by atoms with Crippen LogP contribution < -0.4 is 5.32 Å². The van der Waals surface area contributed by atoms with Gasteiger partial charge in [0, 0.05) is 0 Å². The van der Waals surface area contributed by atoms with E-state index in [-0.39, 0.29) is 11.8 Å². The molecule has 0 aliphatic carbocycles. The maximum absolute atomic E-state index is 11.2. The Labute approximate surface area is 83.8 Å². The van der Waals surface area contributed by atoms with Crippen molar-refractivity contribution in [3.05, 3.63) is 35.9 Å². The lowest BCUT2D eigenvalue weighted by atomic mass is 10.0. The molecule has 0 saturated carbocycles. The first-order valence-corrected chi connectivity index (χ1v) is 4.62. The minimum Gasteiger partial charge on any atom is -0.389 e. The zero-order chi connectivity index (χ0) is 10.4. The van der Waals surface area contributed by atoms with Gasteiger partial charge >= 0.3 is 0 Å². The molecule has 0 amide bonds. The number of nitrogens with one attached hydrogen (secondary N) is 1. The quantitative estimate of drug-likeness (QED) is 0.710. The van der Waals surface area contributed by atoms with E-state index in [1.807, 2.05) is 30.3 Å². The van der Waals surface area contributed by atoms with Gasteiger partial charge in [0.1, 0.15) is 6.61 Å². The smallest absolute Gasteiger partial charge is 0.175 e. The summed E-state index contributed by atoms with van der Waals surface area (Å²) in [5, 5.41) is 11.6. The van der Waals surface area contributed by atoms with Gasteiger partial charge in [-0.25, -0.2) is 0 Å². The fourth-order valence-electron chi connectivity index (χ4n) is 1.34. The zero-order valence-electron chi connectivity index (χ0n) is 8.23. The Morgan fingerprint density at radius 3 is 2.57 bits per heavy atom. The molecular formula is C11H15NO2. The standard InChI is InChI=1S/C11H15NO2/c1-12-10(11(14)8-13)7-9-5-3-2-4-6-9/h2-6,10,12-13H,7-8H2,1H3/t10-/m0/s1. The van der Waals surface area contributed by atoms with Crippen molar-refractivity contribution in [2.24, 2.45) is 0 Å². The Balaban J connectivity index is 2.62. The Hall–Kier alpha value is -1.19. The molecule has 0 aromatic heterocycles. The van der Waals surface area contributed by atoms with E-state index in [0.717, 1.165) is 5.56 Å². The number of hydrogen-bond acceptors (Lipinski definition) is 3. The highest BCUT2D eigenvalue weighted by molar-refractivity contribution is 5.85. The van der Waals surface area contributed by atoms with Gasteiger partial charge in [0.15, 0.2) is 5.78 Å². The fourth-order valence-corrected chi connectivity index (χ4v) is 1.34. The highest BCUT2D eigenvalue weighted by Gasteiger charge is 2.14. The van der Waals surface area contributed by atoms with Gasteiger partial charge in [0.2, 0.25) is 0 Å². The molecule has 0 spiro atoms. The number of hydrogen-bond donors (Lipinski definition) is 2. The molecule has 0 aliphatic heterocycles. The highest BCUT2D eigenvalue weighted by Crippen LogP contribution is 2.03. The molecule has 0 aliphatic rings. The van der Waals surface area contributed by atoms with E-state index < -0.39 is 6.61 Å². The van der Waals surface area contributed by atoms with Crippen LogP contribution in [-0.2, 0) is 11.2 Å². The lowest BCUT2D eigenvalue weighted by Crippen LogP contribution is -2.37. The predicted octanol–water partition coefficient (Wildman–Crippen LogP) is 0.378. The lowest BCUT2D eigenvalue weighted by Gasteiger charge is -2.13. The molecule has 3 heteroatoms. The molecule has 1 aromatic rings. The summed E-state index contributed by atoms with van der Waals surface area (Å²) in [6, 6.07) is 9.45. The molecule has 0 bridgehead atoms. The van der Waals surface area contributed by atoms with Crippen molar-refractivity contribution in [3.63, 3.8) is 0 Å². The average molecular weight is 193 g/mol. The molecule has 1 rings (SSSR count). The number of aliphatic hydroxyl groups is 1. The number of rotatable bonds is 5. The van der Waals surface area contributed by atoms with Crippen molar-refractivity contribution < 1.29 is 9.90 Å². The van der Waals surface area contributed by atoms with E-state index in [0.29, 0.717) is 6.42 Å². The largest absolute Gasteiger partial charge is 0.389 e. The molecule has 1 atom stereocenters. The maximum Gasteiger partial charge on any atom is 0.175 e. The van der Waals surface area contributed by atoms with E-state index in [2.05, 4.69) is 5.32 Å². The monoisotopic (exact) mass is 193 g/mol. The number of benzene rings is 1. The summed E-state index contributed by atoms with van der Waals surface area (Å²) in [6.07, 6.45) is 0.622. The van der Waals surface area contributed by atoms with E-state index >= 15 is 0 Å². The van der Waals surface area contributed by atoms with Crippen LogP contribution in [0.25, 0.3) is 0 Å². The van der Waals surface area contributed by atoms with Crippen LogP contribution in [-0.4, -0.2) is 30.6 Å². The summed E-state index contributed by atoms with van der Waals surface area (Å²) in [5.74, 6) is -0.170. The minimum atomic E-state index is -0.404. The Morgan fingerprint density at radius 2 is 2.07 bits per heavy atom. The predicted molar refractivity (Wildman–Crippen MR) is 55.1 cm³/mol. The molecular weight excluding hydrogens is 178 g/mol. The van der Waals surface area contributed by atoms with Gasteiger partial charge in [-0.3, -0.25) is 4.79 Å². The minimum absolute atomic E-state index is 0.170. The van der Waals surface area contributed by atoms with Crippen LogP contribution in [0.15, 0.2) is 30.3 Å².